The van der Waals surface area contributed by atoms with Crippen molar-refractivity contribution in [1.82, 2.24) is 0 Å². The molecule has 0 spiro atoms. The fraction of sp³-hybridized carbons (Fsp3) is 0.158. The van der Waals surface area contributed by atoms with Gasteiger partial charge in [-0.1, -0.05) is 72.0 Å². The maximum atomic E-state index is 3.25. The van der Waals surface area contributed by atoms with Crippen molar-refractivity contribution in [3.05, 3.63) is 77.4 Å². The van der Waals surface area contributed by atoms with Crippen LogP contribution in [0.3, 0.4) is 0 Å². The molecule has 0 unspecified atom stereocenters. The molecule has 0 saturated carbocycles. The van der Waals surface area contributed by atoms with Crippen LogP contribution in [0.4, 0.5) is 0 Å². The monoisotopic (exact) mass is 246 g/mol. The molecule has 1 atom stereocenters. The highest BCUT2D eigenvalue weighted by Crippen LogP contribution is 2.06. The van der Waals surface area contributed by atoms with E-state index in [0.29, 0.717) is 0 Å². The second-order valence-corrected chi connectivity index (χ2v) is 4.69. The molecule has 2 aromatic rings. The summed E-state index contributed by atoms with van der Waals surface area (Å²) in [5.41, 5.74) is 3.56. The first kappa shape index (κ1) is 13.2. The molecule has 0 saturated heterocycles. The van der Waals surface area contributed by atoms with E-state index in [2.05, 4.69) is 74.2 Å². The molecule has 0 radical (unpaired) electrons. The average molecular weight is 246 g/mol. The van der Waals surface area contributed by atoms with Crippen molar-refractivity contribution in [2.24, 2.45) is 5.92 Å². The SMILES string of the molecule is Cc1ccc(C#C[C@@H](C)/C=C/c2ccccc2)cc1. The van der Waals surface area contributed by atoms with E-state index in [1.54, 1.807) is 0 Å². The third-order valence-electron chi connectivity index (χ3n) is 2.87. The molecule has 0 amide bonds. The van der Waals surface area contributed by atoms with Crippen molar-refractivity contribution >= 4 is 6.08 Å². The first-order chi connectivity index (χ1) is 9.24. The summed E-state index contributed by atoms with van der Waals surface area (Å²) in [6, 6.07) is 18.6. The smallest absolute Gasteiger partial charge is 0.0361 e. The molecule has 0 bridgehead atoms. The molecule has 0 heteroatoms. The normalized spacial score (nSPS) is 11.9. The quantitative estimate of drug-likeness (QED) is 0.674. The maximum Gasteiger partial charge on any atom is 0.0361 e. The molecule has 0 aliphatic carbocycles. The van der Waals surface area contributed by atoms with Crippen LogP contribution in [0.2, 0.25) is 0 Å². The number of benzene rings is 2. The van der Waals surface area contributed by atoms with Gasteiger partial charge in [0.1, 0.15) is 0 Å². The van der Waals surface area contributed by atoms with Crippen molar-refractivity contribution in [3.63, 3.8) is 0 Å². The van der Waals surface area contributed by atoms with Crippen LogP contribution in [0.5, 0.6) is 0 Å². The molecule has 0 heterocycles. The number of hydrogen-bond acceptors (Lipinski definition) is 0. The lowest BCUT2D eigenvalue weighted by atomic mass is 10.1. The Hall–Kier alpha value is -2.26. The van der Waals surface area contributed by atoms with Crippen molar-refractivity contribution in [2.75, 3.05) is 0 Å². The van der Waals surface area contributed by atoms with Crippen LogP contribution in [-0.2, 0) is 0 Å². The number of rotatable bonds is 2. The van der Waals surface area contributed by atoms with E-state index >= 15 is 0 Å². The zero-order chi connectivity index (χ0) is 13.5. The van der Waals surface area contributed by atoms with Crippen molar-refractivity contribution in [2.45, 2.75) is 13.8 Å². The van der Waals surface area contributed by atoms with E-state index < -0.39 is 0 Å². The van der Waals surface area contributed by atoms with E-state index in [-0.39, 0.29) is 5.92 Å². The Labute approximate surface area is 115 Å². The van der Waals surface area contributed by atoms with E-state index in [4.69, 9.17) is 0 Å². The molecule has 0 aliphatic heterocycles. The van der Waals surface area contributed by atoms with Gasteiger partial charge in [-0.2, -0.15) is 0 Å². The van der Waals surface area contributed by atoms with Crippen LogP contribution in [-0.4, -0.2) is 0 Å². The van der Waals surface area contributed by atoms with Gasteiger partial charge in [-0.05, 0) is 31.5 Å². The zero-order valence-electron chi connectivity index (χ0n) is 11.4. The molecule has 0 N–H and O–H groups in total. The summed E-state index contributed by atoms with van der Waals surface area (Å²) in [6.45, 7) is 4.20. The standard InChI is InChI=1S/C19H18/c1-16(8-12-18-6-4-3-5-7-18)9-13-19-14-10-17(2)11-15-19/h3-8,10-12,14-16H,1-2H3/b12-8+/t16-/m0/s1. The van der Waals surface area contributed by atoms with Gasteiger partial charge < -0.3 is 0 Å². The highest BCUT2D eigenvalue weighted by Gasteiger charge is 1.91. The molecule has 2 rings (SSSR count). The topological polar surface area (TPSA) is 0 Å². The fourth-order valence-corrected chi connectivity index (χ4v) is 1.70. The minimum atomic E-state index is 0.251. The van der Waals surface area contributed by atoms with E-state index in [1.165, 1.54) is 11.1 Å². The Balaban J connectivity index is 2.00. The van der Waals surface area contributed by atoms with Crippen molar-refractivity contribution in [1.29, 1.82) is 0 Å². The molecule has 0 aliphatic rings. The van der Waals surface area contributed by atoms with Gasteiger partial charge in [0.2, 0.25) is 0 Å². The predicted octanol–water partition coefficient (Wildman–Crippen LogP) is 4.70. The molecular formula is C19H18. The first-order valence-corrected chi connectivity index (χ1v) is 6.55. The third-order valence-corrected chi connectivity index (χ3v) is 2.87. The Morgan fingerprint density at radius 1 is 0.947 bits per heavy atom. The summed E-state index contributed by atoms with van der Waals surface area (Å²) in [7, 11) is 0. The lowest BCUT2D eigenvalue weighted by molar-refractivity contribution is 0.987. The van der Waals surface area contributed by atoms with Gasteiger partial charge >= 0.3 is 0 Å². The lowest BCUT2D eigenvalue weighted by Crippen LogP contribution is -1.84. The Bertz CT molecular complexity index is 592. The van der Waals surface area contributed by atoms with Gasteiger partial charge in [-0.15, -0.1) is 0 Å². The molecule has 2 aromatic carbocycles. The van der Waals surface area contributed by atoms with Gasteiger partial charge in [0.05, 0.1) is 0 Å². The molecule has 94 valence electrons. The van der Waals surface area contributed by atoms with E-state index in [1.807, 2.05) is 18.2 Å². The molecule has 0 fully saturated rings. The number of hydrogen-bond donors (Lipinski definition) is 0. The van der Waals surface area contributed by atoms with Gasteiger partial charge in [0, 0.05) is 11.5 Å². The van der Waals surface area contributed by atoms with Crippen molar-refractivity contribution in [3.8, 4) is 11.8 Å². The second kappa shape index (κ2) is 6.61. The number of aryl methyl sites for hydroxylation is 1. The summed E-state index contributed by atoms with van der Waals surface area (Å²) in [4.78, 5) is 0. The van der Waals surface area contributed by atoms with Gasteiger partial charge in [0.15, 0.2) is 0 Å². The van der Waals surface area contributed by atoms with Crippen LogP contribution < -0.4 is 0 Å². The zero-order valence-corrected chi connectivity index (χ0v) is 11.4. The Kier molecular flexibility index (Phi) is 4.59. The van der Waals surface area contributed by atoms with Crippen LogP contribution in [0, 0.1) is 24.7 Å². The average Bonchev–Trinajstić information content (AvgIpc) is 2.45. The summed E-state index contributed by atoms with van der Waals surface area (Å²) >= 11 is 0. The van der Waals surface area contributed by atoms with Gasteiger partial charge in [-0.3, -0.25) is 0 Å². The molecular weight excluding hydrogens is 228 g/mol. The van der Waals surface area contributed by atoms with Crippen molar-refractivity contribution < 1.29 is 0 Å². The molecule has 19 heavy (non-hydrogen) atoms. The molecule has 0 nitrogen and oxygen atoms in total. The maximum absolute atomic E-state index is 3.25. The fourth-order valence-electron chi connectivity index (χ4n) is 1.70. The minimum absolute atomic E-state index is 0.251. The summed E-state index contributed by atoms with van der Waals surface area (Å²) in [5.74, 6) is 6.71. The van der Waals surface area contributed by atoms with Crippen LogP contribution in [0.15, 0.2) is 60.7 Å². The third kappa shape index (κ3) is 4.48. The predicted molar refractivity (Wildman–Crippen MR) is 82.7 cm³/mol. The lowest BCUT2D eigenvalue weighted by Gasteiger charge is -1.96. The summed E-state index contributed by atoms with van der Waals surface area (Å²) in [6.07, 6.45) is 4.25. The van der Waals surface area contributed by atoms with Gasteiger partial charge in [-0.25, -0.2) is 0 Å². The first-order valence-electron chi connectivity index (χ1n) is 6.55. The Morgan fingerprint density at radius 2 is 1.63 bits per heavy atom. The number of allylic oxidation sites excluding steroid dienone is 1. The largest absolute Gasteiger partial charge is 0.0906 e. The van der Waals surface area contributed by atoms with Gasteiger partial charge in [0.25, 0.3) is 0 Å². The van der Waals surface area contributed by atoms with Crippen LogP contribution >= 0.6 is 0 Å². The van der Waals surface area contributed by atoms with Crippen LogP contribution in [0.1, 0.15) is 23.6 Å². The molecule has 0 aromatic heterocycles. The highest BCUT2D eigenvalue weighted by atomic mass is 13.9. The minimum Gasteiger partial charge on any atom is -0.0906 e. The summed E-state index contributed by atoms with van der Waals surface area (Å²) < 4.78 is 0. The van der Waals surface area contributed by atoms with Crippen LogP contribution in [0.25, 0.3) is 6.08 Å². The van der Waals surface area contributed by atoms with E-state index in [9.17, 15) is 0 Å². The van der Waals surface area contributed by atoms with E-state index in [0.717, 1.165) is 5.56 Å². The highest BCUT2D eigenvalue weighted by molar-refractivity contribution is 5.50. The second-order valence-electron chi connectivity index (χ2n) is 4.69. The summed E-state index contributed by atoms with van der Waals surface area (Å²) in [5, 5.41) is 0. The Morgan fingerprint density at radius 3 is 2.32 bits per heavy atom.